The molecule has 1 aromatic carbocycles. The number of nitrogens with two attached hydrogens (primary N) is 4. The van der Waals surface area contributed by atoms with Crippen molar-refractivity contribution in [1.29, 1.82) is 0 Å². The minimum atomic E-state index is -2.59. The van der Waals surface area contributed by atoms with Crippen molar-refractivity contribution in [3.63, 3.8) is 0 Å². The number of primary amides is 2. The van der Waals surface area contributed by atoms with Crippen molar-refractivity contribution >= 4 is 91.1 Å². The smallest absolute Gasteiger partial charge is 0.408 e. The van der Waals surface area contributed by atoms with E-state index in [1.54, 1.807) is 80.5 Å². The van der Waals surface area contributed by atoms with Crippen LogP contribution in [0, 0.1) is 23.7 Å². The number of ether oxygens (including phenoxy) is 2. The molecule has 2 aromatic rings. The number of carbonyl (C=O) groups is 13. The van der Waals surface area contributed by atoms with Gasteiger partial charge >= 0.3 is 12.1 Å². The summed E-state index contributed by atoms with van der Waals surface area (Å²) >= 11 is 0. The maximum Gasteiger partial charge on any atom is 0.408 e. The number of alkyl carbamates (subject to hydrolysis) is 1. The summed E-state index contributed by atoms with van der Waals surface area (Å²) in [6, 6.07) is -4.71. The quantitative estimate of drug-likeness (QED) is 0.0101. The van der Waals surface area contributed by atoms with Crippen molar-refractivity contribution in [3.05, 3.63) is 66.0 Å². The molecule has 1 aromatic heterocycles. The van der Waals surface area contributed by atoms with Crippen LogP contribution in [0.15, 0.2) is 59.9 Å². The van der Waals surface area contributed by atoms with Crippen LogP contribution in [-0.2, 0) is 73.4 Å². The van der Waals surface area contributed by atoms with Gasteiger partial charge in [-0.2, -0.15) is 0 Å². The van der Waals surface area contributed by atoms with E-state index >= 15 is 0 Å². The first kappa shape index (κ1) is 88.7. The number of nitrogens with zero attached hydrogens (tertiary/aromatic N) is 2. The average Bonchev–Trinajstić information content (AvgIpc) is 0.823. The lowest BCUT2D eigenvalue weighted by atomic mass is 9.93. The lowest BCUT2D eigenvalue weighted by Crippen LogP contribution is -2.62. The molecule has 570 valence electrons. The van der Waals surface area contributed by atoms with Crippen molar-refractivity contribution in [1.82, 2.24) is 58.2 Å². The Labute approximate surface area is 594 Å². The molecule has 2 rings (SSSR count). The zero-order valence-corrected chi connectivity index (χ0v) is 61.5. The van der Waals surface area contributed by atoms with Gasteiger partial charge in [0, 0.05) is 33.4 Å². The molecule has 102 heavy (non-hydrogen) atoms. The Morgan fingerprint density at radius 1 is 0.608 bits per heavy atom. The number of aliphatic hydroxyl groups is 4. The first-order valence-electron chi connectivity index (χ1n) is 33.5. The molecule has 0 aliphatic carbocycles. The van der Waals surface area contributed by atoms with Crippen LogP contribution in [0.5, 0.6) is 0 Å². The number of aliphatic hydroxyl groups excluding tert-OH is 4. The summed E-state index contributed by atoms with van der Waals surface area (Å²) in [6.45, 7) is 21.2. The van der Waals surface area contributed by atoms with E-state index in [4.69, 9.17) is 32.4 Å². The molecular weight excluding hydrogens is 1350 g/mol. The molecule has 0 saturated carbocycles. The number of hydrogen-bond donors (Lipinski definition) is 18. The second kappa shape index (κ2) is 42.1. The summed E-state index contributed by atoms with van der Waals surface area (Å²) in [5.74, 6) is -16.0. The molecule has 0 fully saturated rings. The Bertz CT molecular complexity index is 3190. The van der Waals surface area contributed by atoms with Crippen molar-refractivity contribution in [2.24, 2.45) is 51.6 Å². The van der Waals surface area contributed by atoms with E-state index < -0.39 is 194 Å². The zero-order valence-electron chi connectivity index (χ0n) is 60.5. The fourth-order valence-electron chi connectivity index (χ4n) is 10.0. The van der Waals surface area contributed by atoms with Gasteiger partial charge in [-0.05, 0) is 87.9 Å². The van der Waals surface area contributed by atoms with Crippen LogP contribution in [0.2, 0.25) is 25.7 Å². The zero-order chi connectivity index (χ0) is 77.7. The summed E-state index contributed by atoms with van der Waals surface area (Å²) in [7, 11) is -2.17. The monoisotopic (exact) mass is 1460 g/mol. The highest BCUT2D eigenvalue weighted by molar-refractivity contribution is 6.76. The number of esters is 1. The second-order valence-electron chi connectivity index (χ2n) is 27.9. The molecule has 35 nitrogen and oxygen atoms in total. The molecule has 12 amide bonds. The summed E-state index contributed by atoms with van der Waals surface area (Å²) in [5, 5.41) is 67.0. The SMILES string of the molecule is CC[C@H](C)[C@H](NC(=O)[C@@H](CCCN=C(N)N)NC(=O)[C@H](CC(C)C)NC(=O)[C@@H](C)[C@H](O)C(C)C)C(=O)N[C@H](C(=O)NCC(=O)N[C@H](C(=O)N[C@@H](CO)C(=O)O[C@H](c1ccccc1)[C@H](NC(=O)[C@H](Cc1cccnc1)NC(=O)[C@@H](C[Si](C)(C)C)NC(=O)OC(C)(C)C)C(N)=O)[C@H](O)C(N)=O)[C@H](C)O. The summed E-state index contributed by atoms with van der Waals surface area (Å²) < 4.78 is 11.1. The molecule has 0 aliphatic heterocycles. The van der Waals surface area contributed by atoms with E-state index in [1.807, 2.05) is 30.3 Å². The van der Waals surface area contributed by atoms with Gasteiger partial charge in [0.05, 0.1) is 31.3 Å². The van der Waals surface area contributed by atoms with E-state index in [9.17, 15) is 82.8 Å². The Hall–Kier alpha value is -9.39. The molecule has 1 heterocycles. The van der Waals surface area contributed by atoms with Crippen molar-refractivity contribution in [2.75, 3.05) is 19.7 Å². The van der Waals surface area contributed by atoms with Crippen LogP contribution in [0.1, 0.15) is 119 Å². The van der Waals surface area contributed by atoms with E-state index in [0.717, 1.165) is 6.92 Å². The van der Waals surface area contributed by atoms with Crippen molar-refractivity contribution in [2.45, 2.75) is 218 Å². The topological polar surface area (TPSA) is 571 Å². The Morgan fingerprint density at radius 2 is 1.16 bits per heavy atom. The van der Waals surface area contributed by atoms with Crippen molar-refractivity contribution in [3.8, 4) is 0 Å². The van der Waals surface area contributed by atoms with Gasteiger partial charge in [0.1, 0.15) is 53.9 Å². The number of hydrogen-bond acceptors (Lipinski definition) is 21. The predicted octanol–water partition coefficient (Wildman–Crippen LogP) is -3.36. The van der Waals surface area contributed by atoms with E-state index in [1.165, 1.54) is 43.6 Å². The van der Waals surface area contributed by atoms with Gasteiger partial charge in [-0.25, -0.2) is 9.59 Å². The molecule has 0 radical (unpaired) electrons. The fraction of sp³-hybridized carbons (Fsp3) is 0.621. The van der Waals surface area contributed by atoms with Gasteiger partial charge in [0.15, 0.2) is 24.2 Å². The van der Waals surface area contributed by atoms with Gasteiger partial charge < -0.3 is 106 Å². The third-order valence-corrected chi connectivity index (χ3v) is 17.3. The van der Waals surface area contributed by atoms with Crippen LogP contribution in [0.25, 0.3) is 0 Å². The maximum absolute atomic E-state index is 14.5. The molecule has 36 heteroatoms. The maximum atomic E-state index is 14.5. The molecular formula is C66H108N16O19Si. The largest absolute Gasteiger partial charge is 0.453 e. The van der Waals surface area contributed by atoms with E-state index in [0.29, 0.717) is 5.56 Å². The predicted molar refractivity (Wildman–Crippen MR) is 375 cm³/mol. The van der Waals surface area contributed by atoms with Gasteiger partial charge in [-0.3, -0.25) is 62.7 Å². The lowest BCUT2D eigenvalue weighted by Gasteiger charge is -2.31. The summed E-state index contributed by atoms with van der Waals surface area (Å²) in [5.41, 5.74) is 21.7. The van der Waals surface area contributed by atoms with Crippen LogP contribution in [0.3, 0.4) is 0 Å². The molecule has 15 atom stereocenters. The normalized spacial score (nSPS) is 16.0. The molecule has 0 unspecified atom stereocenters. The van der Waals surface area contributed by atoms with Crippen LogP contribution >= 0.6 is 0 Å². The van der Waals surface area contributed by atoms with Crippen LogP contribution in [-0.4, -0.2) is 214 Å². The molecule has 22 N–H and O–H groups in total. The number of amides is 12. The molecule has 0 spiro atoms. The van der Waals surface area contributed by atoms with Gasteiger partial charge in [-0.15, -0.1) is 0 Å². The Balaban J connectivity index is 2.45. The van der Waals surface area contributed by atoms with Crippen LogP contribution < -0.4 is 76.1 Å². The number of guanidine groups is 1. The highest BCUT2D eigenvalue weighted by Gasteiger charge is 2.42. The third kappa shape index (κ3) is 31.2. The fourth-order valence-corrected chi connectivity index (χ4v) is 11.5. The first-order valence-corrected chi connectivity index (χ1v) is 37.2. The van der Waals surface area contributed by atoms with Gasteiger partial charge in [0.2, 0.25) is 65.0 Å². The number of benzene rings is 1. The average molecular weight is 1460 g/mol. The molecule has 0 saturated heterocycles. The number of aromatic nitrogens is 1. The van der Waals surface area contributed by atoms with Crippen molar-refractivity contribution < 1.29 is 92.2 Å². The number of carbonyl (C=O) groups excluding carboxylic acids is 13. The molecule has 0 bridgehead atoms. The Morgan fingerprint density at radius 3 is 1.68 bits per heavy atom. The summed E-state index contributed by atoms with van der Waals surface area (Å²) in [6.07, 6.45) is -5.14. The lowest BCUT2D eigenvalue weighted by molar-refractivity contribution is -0.158. The number of rotatable bonds is 42. The highest BCUT2D eigenvalue weighted by atomic mass is 28.3. The standard InChI is InChI=1S/C66H108N16O19Si/c1-15-35(6)46(80-56(91)40(24-20-26-72-64(69)70)74-57(92)41(27-33(2)3)75-55(90)36(7)50(86)34(4)5)61(96)81-47(37(8)84)60(95)73-30-45(85)79-48(51(87)54(68)89)62(97)77-43(31-83)63(98)100-52(39-22-17-16-18-23-39)49(53(67)88)82-58(93)42(28-38-21-19-25-71-29-38)76-59(94)44(32-102(12,13)14)78-65(99)101-66(9,10)11/h16-19,21-23,25,29,33-37,40-44,46-52,83-84,86-87H,15,20,24,26-28,30-32H2,1-14H3,(H2,67,88)(H2,68,89)(H,73,95)(H,74,92)(H,75,90)(H,76,94)(H,77,97)(H,78,99)(H,79,85)(H,80,91)(H,81,96)(H,82,93)(H4,69,70,72)/t35-,36-,37-,40+,41-,42-,43-,44+,46-,47-,48-,49-,50+,51-,52+/m0/s1. The Kier molecular flexibility index (Phi) is 36.6. The van der Waals surface area contributed by atoms with Gasteiger partial charge in [-0.1, -0.05) is 111 Å². The number of nitrogens with one attached hydrogen (secondary N) is 10. The highest BCUT2D eigenvalue weighted by Crippen LogP contribution is 2.24. The summed E-state index contributed by atoms with van der Waals surface area (Å²) in [4.78, 5) is 187. The minimum absolute atomic E-state index is 0.00370. The minimum Gasteiger partial charge on any atom is -0.453 e. The second-order valence-corrected chi connectivity index (χ2v) is 33.5. The van der Waals surface area contributed by atoms with E-state index in [2.05, 4.69) is 52.5 Å². The molecule has 0 aliphatic rings. The van der Waals surface area contributed by atoms with Gasteiger partial charge in [0.25, 0.3) is 0 Å². The third-order valence-electron chi connectivity index (χ3n) is 15.7. The first-order chi connectivity index (χ1) is 47.4. The van der Waals surface area contributed by atoms with E-state index in [-0.39, 0.29) is 68.1 Å². The number of pyridine rings is 1. The number of aliphatic imine (C=N–C) groups is 1. The van der Waals surface area contributed by atoms with Crippen LogP contribution in [0.4, 0.5) is 4.79 Å².